The van der Waals surface area contributed by atoms with E-state index in [0.29, 0.717) is 28.7 Å². The summed E-state index contributed by atoms with van der Waals surface area (Å²) >= 11 is 0. The fourth-order valence-corrected chi connectivity index (χ4v) is 3.07. The number of amides is 4. The summed E-state index contributed by atoms with van der Waals surface area (Å²) in [6.45, 7) is 4.24. The lowest BCUT2D eigenvalue weighted by atomic mass is 10.0. The number of nitrogens with zero attached hydrogens (tertiary/aromatic N) is 1. The Labute approximate surface area is 161 Å². The summed E-state index contributed by atoms with van der Waals surface area (Å²) in [7, 11) is 0. The molecule has 0 saturated carbocycles. The molecule has 28 heavy (non-hydrogen) atoms. The van der Waals surface area contributed by atoms with Crippen molar-refractivity contribution in [2.45, 2.75) is 19.8 Å². The van der Waals surface area contributed by atoms with Crippen LogP contribution in [0.5, 0.6) is 11.5 Å². The van der Waals surface area contributed by atoms with E-state index in [4.69, 9.17) is 9.47 Å². The van der Waals surface area contributed by atoms with Crippen LogP contribution in [-0.2, 0) is 9.59 Å². The van der Waals surface area contributed by atoms with Crippen molar-refractivity contribution in [2.24, 2.45) is 0 Å². The van der Waals surface area contributed by atoms with Gasteiger partial charge in [-0.25, -0.2) is 9.69 Å². The van der Waals surface area contributed by atoms with Crippen molar-refractivity contribution in [3.8, 4) is 11.5 Å². The highest BCUT2D eigenvalue weighted by Gasteiger charge is 2.36. The number of barbiturate groups is 1. The lowest BCUT2D eigenvalue weighted by Gasteiger charge is -2.26. The molecule has 0 bridgehead atoms. The average Bonchev–Trinajstić information content (AvgIpc) is 3.13. The molecule has 7 heteroatoms. The van der Waals surface area contributed by atoms with E-state index in [0.717, 1.165) is 10.5 Å². The Hall–Kier alpha value is -3.61. The van der Waals surface area contributed by atoms with Crippen molar-refractivity contribution < 1.29 is 23.9 Å². The van der Waals surface area contributed by atoms with Crippen molar-refractivity contribution >= 4 is 29.6 Å². The molecule has 142 valence electrons. The molecular formula is C21H18N2O5. The fourth-order valence-electron chi connectivity index (χ4n) is 3.07. The van der Waals surface area contributed by atoms with Gasteiger partial charge in [0, 0.05) is 0 Å². The first-order valence-electron chi connectivity index (χ1n) is 8.85. The molecule has 0 aliphatic carbocycles. The molecule has 1 saturated heterocycles. The molecule has 7 nitrogen and oxygen atoms in total. The van der Waals surface area contributed by atoms with Crippen LogP contribution in [0, 0.1) is 0 Å². The number of hydrogen-bond acceptors (Lipinski definition) is 5. The van der Waals surface area contributed by atoms with E-state index in [9.17, 15) is 14.4 Å². The summed E-state index contributed by atoms with van der Waals surface area (Å²) in [5.74, 6) is 0.0493. The van der Waals surface area contributed by atoms with Gasteiger partial charge in [0.05, 0.1) is 5.69 Å². The number of nitrogens with one attached hydrogen (secondary N) is 1. The van der Waals surface area contributed by atoms with Crippen molar-refractivity contribution in [3.05, 3.63) is 59.2 Å². The second kappa shape index (κ2) is 6.84. The van der Waals surface area contributed by atoms with Gasteiger partial charge in [-0.3, -0.25) is 14.9 Å². The first-order chi connectivity index (χ1) is 13.4. The molecule has 4 rings (SSSR count). The molecule has 0 unspecified atom stereocenters. The minimum atomic E-state index is -0.768. The van der Waals surface area contributed by atoms with Crippen molar-refractivity contribution in [1.82, 2.24) is 5.32 Å². The van der Waals surface area contributed by atoms with Crippen LogP contribution in [0.25, 0.3) is 6.08 Å². The van der Waals surface area contributed by atoms with E-state index in [1.54, 1.807) is 30.3 Å². The number of imide groups is 2. The van der Waals surface area contributed by atoms with E-state index in [1.165, 1.54) is 6.08 Å². The molecule has 2 aromatic carbocycles. The van der Waals surface area contributed by atoms with Gasteiger partial charge < -0.3 is 9.47 Å². The van der Waals surface area contributed by atoms with Gasteiger partial charge >= 0.3 is 6.03 Å². The zero-order valence-corrected chi connectivity index (χ0v) is 15.4. The lowest BCUT2D eigenvalue weighted by Crippen LogP contribution is -2.54. The maximum Gasteiger partial charge on any atom is 0.335 e. The second-order valence-electron chi connectivity index (χ2n) is 6.82. The highest BCUT2D eigenvalue weighted by Crippen LogP contribution is 2.33. The number of ether oxygens (including phenoxy) is 2. The van der Waals surface area contributed by atoms with E-state index >= 15 is 0 Å². The van der Waals surface area contributed by atoms with E-state index < -0.39 is 17.8 Å². The molecule has 1 N–H and O–H groups in total. The Morgan fingerprint density at radius 2 is 1.71 bits per heavy atom. The van der Waals surface area contributed by atoms with E-state index in [1.807, 2.05) is 12.1 Å². The van der Waals surface area contributed by atoms with Crippen molar-refractivity contribution in [2.75, 3.05) is 11.7 Å². The smallest absolute Gasteiger partial charge is 0.335 e. The van der Waals surface area contributed by atoms with Gasteiger partial charge in [-0.1, -0.05) is 32.0 Å². The van der Waals surface area contributed by atoms with Gasteiger partial charge in [0.15, 0.2) is 11.5 Å². The van der Waals surface area contributed by atoms with Gasteiger partial charge in [0.2, 0.25) is 6.79 Å². The van der Waals surface area contributed by atoms with Crippen LogP contribution < -0.4 is 19.7 Å². The van der Waals surface area contributed by atoms with Crippen LogP contribution in [0.15, 0.2) is 48.0 Å². The van der Waals surface area contributed by atoms with Crippen LogP contribution in [0.3, 0.4) is 0 Å². The number of urea groups is 1. The SMILES string of the molecule is CC(C)c1ccc(N2C(=O)NC(=O)C(=Cc3ccc4c(c3)OCO4)C2=O)cc1. The van der Waals surface area contributed by atoms with Crippen LogP contribution in [0.2, 0.25) is 0 Å². The minimum Gasteiger partial charge on any atom is -0.454 e. The molecule has 2 heterocycles. The fraction of sp³-hybridized carbons (Fsp3) is 0.190. The first kappa shape index (κ1) is 17.8. The lowest BCUT2D eigenvalue weighted by molar-refractivity contribution is -0.122. The maximum atomic E-state index is 12.9. The molecule has 2 aliphatic heterocycles. The summed E-state index contributed by atoms with van der Waals surface area (Å²) in [5.41, 5.74) is 1.94. The number of rotatable bonds is 3. The number of carbonyl (C=O) groups is 3. The third-order valence-electron chi connectivity index (χ3n) is 4.63. The summed E-state index contributed by atoms with van der Waals surface area (Å²) in [5, 5.41) is 2.22. The van der Waals surface area contributed by atoms with E-state index in [2.05, 4.69) is 19.2 Å². The molecular weight excluding hydrogens is 360 g/mol. The molecule has 0 spiro atoms. The van der Waals surface area contributed by atoms with Gasteiger partial charge in [0.1, 0.15) is 5.57 Å². The standard InChI is InChI=1S/C21H18N2O5/c1-12(2)14-4-6-15(7-5-14)23-20(25)16(19(24)22-21(23)26)9-13-3-8-17-18(10-13)28-11-27-17/h3-10,12H,11H2,1-2H3,(H,22,24,26). The Morgan fingerprint density at radius 3 is 2.43 bits per heavy atom. The maximum absolute atomic E-state index is 12.9. The highest BCUT2D eigenvalue weighted by molar-refractivity contribution is 6.39. The Kier molecular flexibility index (Phi) is 4.35. The number of anilines is 1. The Morgan fingerprint density at radius 1 is 1.00 bits per heavy atom. The number of fused-ring (bicyclic) bond motifs is 1. The van der Waals surface area contributed by atoms with Crippen LogP contribution in [0.4, 0.5) is 10.5 Å². The first-order valence-corrected chi connectivity index (χ1v) is 8.85. The quantitative estimate of drug-likeness (QED) is 0.655. The van der Waals surface area contributed by atoms with Crippen LogP contribution in [-0.4, -0.2) is 24.6 Å². The Balaban J connectivity index is 1.67. The summed E-state index contributed by atoms with van der Waals surface area (Å²) in [4.78, 5) is 38.5. The van der Waals surface area contributed by atoms with Crippen molar-refractivity contribution in [1.29, 1.82) is 0 Å². The molecule has 0 radical (unpaired) electrons. The zero-order valence-electron chi connectivity index (χ0n) is 15.4. The normalized spacial score (nSPS) is 17.5. The molecule has 4 amide bonds. The molecule has 1 fully saturated rings. The predicted molar refractivity (Wildman–Crippen MR) is 102 cm³/mol. The molecule has 2 aliphatic rings. The predicted octanol–water partition coefficient (Wildman–Crippen LogP) is 3.21. The number of hydrogen-bond donors (Lipinski definition) is 1. The Bertz CT molecular complexity index is 1010. The monoisotopic (exact) mass is 378 g/mol. The van der Waals surface area contributed by atoms with Crippen LogP contribution in [0.1, 0.15) is 30.9 Å². The van der Waals surface area contributed by atoms with Crippen LogP contribution >= 0.6 is 0 Å². The van der Waals surface area contributed by atoms with Crippen molar-refractivity contribution in [3.63, 3.8) is 0 Å². The summed E-state index contributed by atoms with van der Waals surface area (Å²) in [6, 6.07) is 11.4. The van der Waals surface area contributed by atoms with Gasteiger partial charge in [-0.2, -0.15) is 0 Å². The molecule has 0 atom stereocenters. The second-order valence-corrected chi connectivity index (χ2v) is 6.82. The summed E-state index contributed by atoms with van der Waals surface area (Å²) in [6.07, 6.45) is 1.43. The molecule has 2 aromatic rings. The third kappa shape index (κ3) is 3.11. The van der Waals surface area contributed by atoms with E-state index in [-0.39, 0.29) is 12.4 Å². The molecule has 0 aromatic heterocycles. The van der Waals surface area contributed by atoms with Gasteiger partial charge in [-0.05, 0) is 47.4 Å². The summed E-state index contributed by atoms with van der Waals surface area (Å²) < 4.78 is 10.6. The third-order valence-corrected chi connectivity index (χ3v) is 4.63. The number of carbonyl (C=O) groups excluding carboxylic acids is 3. The highest BCUT2D eigenvalue weighted by atomic mass is 16.7. The average molecular weight is 378 g/mol. The zero-order chi connectivity index (χ0) is 19.8. The topological polar surface area (TPSA) is 84.9 Å². The number of benzene rings is 2. The van der Waals surface area contributed by atoms with Gasteiger partial charge in [-0.15, -0.1) is 0 Å². The minimum absolute atomic E-state index is 0.128. The van der Waals surface area contributed by atoms with Gasteiger partial charge in [0.25, 0.3) is 11.8 Å². The largest absolute Gasteiger partial charge is 0.454 e.